The number of hydrogen-bond acceptors (Lipinski definition) is 4. The second kappa shape index (κ2) is 7.76. The summed E-state index contributed by atoms with van der Waals surface area (Å²) in [7, 11) is 0. The smallest absolute Gasteiger partial charge is 0.119 e. The summed E-state index contributed by atoms with van der Waals surface area (Å²) < 4.78 is 6.74. The summed E-state index contributed by atoms with van der Waals surface area (Å²) in [4.78, 5) is 5.78. The molecule has 0 amide bonds. The van der Waals surface area contributed by atoms with Crippen LogP contribution in [0, 0.1) is 0 Å². The highest BCUT2D eigenvalue weighted by atomic mass is 79.9. The first-order chi connectivity index (χ1) is 9.69. The van der Waals surface area contributed by atoms with Gasteiger partial charge in [0.1, 0.15) is 17.4 Å². The van der Waals surface area contributed by atoms with Crippen LogP contribution in [-0.4, -0.2) is 18.1 Å². The van der Waals surface area contributed by atoms with Crippen LogP contribution in [0.15, 0.2) is 34.9 Å². The van der Waals surface area contributed by atoms with Gasteiger partial charge in [0.05, 0.1) is 6.04 Å². The van der Waals surface area contributed by atoms with Gasteiger partial charge in [-0.3, -0.25) is 0 Å². The summed E-state index contributed by atoms with van der Waals surface area (Å²) in [6.07, 6.45) is 3.02. The van der Waals surface area contributed by atoms with Crippen LogP contribution in [-0.2, 0) is 6.42 Å². The van der Waals surface area contributed by atoms with E-state index in [9.17, 15) is 0 Å². The van der Waals surface area contributed by atoms with E-state index in [0.29, 0.717) is 6.61 Å². The predicted molar refractivity (Wildman–Crippen MR) is 87.5 cm³/mol. The monoisotopic (exact) mass is 354 g/mol. The fourth-order valence-electron chi connectivity index (χ4n) is 1.75. The number of nitrogens with one attached hydrogen (secondary N) is 1. The molecule has 1 unspecified atom stereocenters. The minimum absolute atomic E-state index is 0.272. The third-order valence-corrected chi connectivity index (χ3v) is 4.78. The molecule has 0 fully saturated rings. The maximum atomic E-state index is 5.67. The van der Waals surface area contributed by atoms with Crippen molar-refractivity contribution in [2.45, 2.75) is 26.3 Å². The lowest BCUT2D eigenvalue weighted by Crippen LogP contribution is -2.24. The van der Waals surface area contributed by atoms with E-state index in [-0.39, 0.29) is 6.04 Å². The first-order valence-electron chi connectivity index (χ1n) is 6.75. The summed E-state index contributed by atoms with van der Waals surface area (Å²) in [5, 5.41) is 4.58. The zero-order valence-corrected chi connectivity index (χ0v) is 14.1. The van der Waals surface area contributed by atoms with E-state index in [1.807, 2.05) is 30.5 Å². The molecule has 1 atom stereocenters. The van der Waals surface area contributed by atoms with E-state index < -0.39 is 0 Å². The van der Waals surface area contributed by atoms with E-state index in [0.717, 1.165) is 28.2 Å². The summed E-state index contributed by atoms with van der Waals surface area (Å²) in [6, 6.07) is 8.15. The number of ether oxygens (including phenoxy) is 1. The number of aromatic nitrogens is 1. The number of halogens is 1. The van der Waals surface area contributed by atoms with Gasteiger partial charge in [-0.05, 0) is 37.6 Å². The Morgan fingerprint density at radius 1 is 1.35 bits per heavy atom. The minimum Gasteiger partial charge on any atom is -0.492 e. The van der Waals surface area contributed by atoms with Gasteiger partial charge in [0.25, 0.3) is 0 Å². The summed E-state index contributed by atoms with van der Waals surface area (Å²) in [6.45, 7) is 5.75. The molecule has 1 aromatic carbocycles. The van der Waals surface area contributed by atoms with Crippen molar-refractivity contribution in [3.05, 3.63) is 44.8 Å². The van der Waals surface area contributed by atoms with Crippen molar-refractivity contribution in [3.8, 4) is 5.75 Å². The summed E-state index contributed by atoms with van der Waals surface area (Å²) in [5.74, 6) is 0.894. The molecule has 108 valence electrons. The molecule has 0 aliphatic rings. The molecule has 2 rings (SSSR count). The molecule has 1 N–H and O–H groups in total. The normalized spacial score (nSPS) is 12.3. The first kappa shape index (κ1) is 15.5. The fourth-order valence-corrected chi connectivity index (χ4v) is 2.90. The van der Waals surface area contributed by atoms with Crippen molar-refractivity contribution in [3.63, 3.8) is 0 Å². The van der Waals surface area contributed by atoms with Crippen molar-refractivity contribution in [1.29, 1.82) is 0 Å². The van der Waals surface area contributed by atoms with E-state index in [1.54, 1.807) is 11.3 Å². The van der Waals surface area contributed by atoms with Crippen LogP contribution in [0.1, 0.15) is 29.8 Å². The molecule has 0 saturated heterocycles. The standard InChI is InChI=1S/C15H19BrN2OS/c1-3-14-10-18-15(20-14)11(2)17-8-9-19-13-6-4-12(16)5-7-13/h4-7,10-11,17H,3,8-9H2,1-2H3. The molecule has 0 saturated carbocycles. The van der Waals surface area contributed by atoms with E-state index in [2.05, 4.69) is 40.1 Å². The Kier molecular flexibility index (Phi) is 6.01. The highest BCUT2D eigenvalue weighted by Gasteiger charge is 2.09. The van der Waals surface area contributed by atoms with Crippen molar-refractivity contribution in [2.24, 2.45) is 0 Å². The lowest BCUT2D eigenvalue weighted by Gasteiger charge is -2.12. The Morgan fingerprint density at radius 2 is 2.10 bits per heavy atom. The number of aryl methyl sites for hydroxylation is 1. The molecule has 20 heavy (non-hydrogen) atoms. The van der Waals surface area contributed by atoms with Gasteiger partial charge in [0.15, 0.2) is 0 Å². The summed E-state index contributed by atoms with van der Waals surface area (Å²) in [5.41, 5.74) is 0. The largest absolute Gasteiger partial charge is 0.492 e. The maximum absolute atomic E-state index is 5.67. The Morgan fingerprint density at radius 3 is 2.75 bits per heavy atom. The molecule has 0 aliphatic carbocycles. The molecule has 0 bridgehead atoms. The molecule has 2 aromatic rings. The SMILES string of the molecule is CCc1cnc(C(C)NCCOc2ccc(Br)cc2)s1. The highest BCUT2D eigenvalue weighted by Crippen LogP contribution is 2.20. The van der Waals surface area contributed by atoms with Gasteiger partial charge >= 0.3 is 0 Å². The van der Waals surface area contributed by atoms with Crippen LogP contribution in [0.4, 0.5) is 0 Å². The highest BCUT2D eigenvalue weighted by molar-refractivity contribution is 9.10. The third kappa shape index (κ3) is 4.58. The van der Waals surface area contributed by atoms with Gasteiger partial charge in [0, 0.05) is 22.1 Å². The predicted octanol–water partition coefficient (Wildman–Crippen LogP) is 4.20. The Bertz CT molecular complexity index is 527. The molecule has 0 aliphatic heterocycles. The number of hydrogen-bond donors (Lipinski definition) is 1. The van der Waals surface area contributed by atoms with Crippen molar-refractivity contribution >= 4 is 27.3 Å². The van der Waals surface area contributed by atoms with Crippen LogP contribution in [0.3, 0.4) is 0 Å². The molecule has 0 radical (unpaired) electrons. The molecular formula is C15H19BrN2OS. The van der Waals surface area contributed by atoms with Crippen LogP contribution in [0.5, 0.6) is 5.75 Å². The number of benzene rings is 1. The van der Waals surface area contributed by atoms with Crippen molar-refractivity contribution < 1.29 is 4.74 Å². The second-order valence-electron chi connectivity index (χ2n) is 4.50. The number of thiazole rings is 1. The van der Waals surface area contributed by atoms with Crippen LogP contribution < -0.4 is 10.1 Å². The quantitative estimate of drug-likeness (QED) is 0.756. The Balaban J connectivity index is 1.71. The van der Waals surface area contributed by atoms with E-state index >= 15 is 0 Å². The Labute approximate surface area is 132 Å². The van der Waals surface area contributed by atoms with Gasteiger partial charge in [-0.1, -0.05) is 22.9 Å². The van der Waals surface area contributed by atoms with Crippen LogP contribution in [0.25, 0.3) is 0 Å². The van der Waals surface area contributed by atoms with Crippen molar-refractivity contribution in [1.82, 2.24) is 10.3 Å². The molecule has 1 heterocycles. The van der Waals surface area contributed by atoms with Crippen molar-refractivity contribution in [2.75, 3.05) is 13.2 Å². The molecule has 1 aromatic heterocycles. The topological polar surface area (TPSA) is 34.2 Å². The zero-order valence-electron chi connectivity index (χ0n) is 11.7. The van der Waals surface area contributed by atoms with E-state index in [1.165, 1.54) is 4.88 Å². The fraction of sp³-hybridized carbons (Fsp3) is 0.400. The van der Waals surface area contributed by atoms with Crippen LogP contribution in [0.2, 0.25) is 0 Å². The van der Waals surface area contributed by atoms with Gasteiger partial charge in [-0.2, -0.15) is 0 Å². The average Bonchev–Trinajstić information content (AvgIpc) is 2.94. The van der Waals surface area contributed by atoms with Crippen LogP contribution >= 0.6 is 27.3 Å². The van der Waals surface area contributed by atoms with E-state index in [4.69, 9.17) is 4.74 Å². The number of nitrogens with zero attached hydrogens (tertiary/aromatic N) is 1. The maximum Gasteiger partial charge on any atom is 0.119 e. The molecule has 3 nitrogen and oxygen atoms in total. The third-order valence-electron chi connectivity index (χ3n) is 2.93. The van der Waals surface area contributed by atoms with Gasteiger partial charge in [-0.15, -0.1) is 11.3 Å². The Hall–Kier alpha value is -0.910. The number of rotatable bonds is 7. The second-order valence-corrected chi connectivity index (χ2v) is 6.56. The van der Waals surface area contributed by atoms with Gasteiger partial charge in [-0.25, -0.2) is 4.98 Å². The van der Waals surface area contributed by atoms with Gasteiger partial charge < -0.3 is 10.1 Å². The lowest BCUT2D eigenvalue weighted by atomic mass is 10.3. The molecule has 0 spiro atoms. The van der Waals surface area contributed by atoms with Gasteiger partial charge in [0.2, 0.25) is 0 Å². The molecular weight excluding hydrogens is 336 g/mol. The minimum atomic E-state index is 0.272. The summed E-state index contributed by atoms with van der Waals surface area (Å²) >= 11 is 5.18. The average molecular weight is 355 g/mol. The lowest BCUT2D eigenvalue weighted by molar-refractivity contribution is 0.307. The molecule has 5 heteroatoms. The zero-order chi connectivity index (χ0) is 14.4. The first-order valence-corrected chi connectivity index (χ1v) is 8.36.